The molecule has 3 rings (SSSR count). The number of aromatic amines is 1. The standard InChI is InChI=1S/C20H24N7O5P/c1-13(14(2)28)26-33(30,32-10-15-4-6-16(22-3)7-5-15)12-31-9-8-27-11-23-17-18(27)24-20(21)25-19(17)29/h4-7,11,13H,8-10,12H2,1-2H3,(H,26,30)(H3,21,24,25,29)/t13-,33?/m0/s1. The van der Waals surface area contributed by atoms with Crippen molar-refractivity contribution in [3.8, 4) is 0 Å². The van der Waals surface area contributed by atoms with E-state index in [4.69, 9.17) is 21.6 Å². The summed E-state index contributed by atoms with van der Waals surface area (Å²) in [6.07, 6.45) is 1.15. The highest BCUT2D eigenvalue weighted by molar-refractivity contribution is 7.56. The Kier molecular flexibility index (Phi) is 7.73. The van der Waals surface area contributed by atoms with Crippen LogP contribution in [0.25, 0.3) is 16.0 Å². The van der Waals surface area contributed by atoms with Crippen LogP contribution in [0, 0.1) is 6.57 Å². The minimum atomic E-state index is -3.55. The van der Waals surface area contributed by atoms with Crippen LogP contribution in [0.3, 0.4) is 0 Å². The number of nitrogens with zero attached hydrogens (tertiary/aromatic N) is 4. The number of carbonyl (C=O) groups is 1. The Labute approximate surface area is 189 Å². The summed E-state index contributed by atoms with van der Waals surface area (Å²) >= 11 is 0. The van der Waals surface area contributed by atoms with E-state index >= 15 is 0 Å². The van der Waals surface area contributed by atoms with Gasteiger partial charge in [-0.2, -0.15) is 4.98 Å². The van der Waals surface area contributed by atoms with Crippen LogP contribution in [0.2, 0.25) is 0 Å². The van der Waals surface area contributed by atoms with E-state index in [1.165, 1.54) is 13.3 Å². The number of nitrogen functional groups attached to an aromatic ring is 1. The van der Waals surface area contributed by atoms with Crippen molar-refractivity contribution in [2.24, 2.45) is 0 Å². The summed E-state index contributed by atoms with van der Waals surface area (Å²) in [4.78, 5) is 37.3. The van der Waals surface area contributed by atoms with Crippen LogP contribution in [0.5, 0.6) is 0 Å². The number of benzene rings is 1. The fraction of sp³-hybridized carbons (Fsp3) is 0.350. The zero-order valence-electron chi connectivity index (χ0n) is 18.1. The SMILES string of the molecule is [C-]#[N+]c1ccc(COP(=O)(COCCn2cnc3c(=O)[nH]c(N)nc32)N[C@@H](C)C(C)=O)cc1. The molecule has 0 spiro atoms. The first-order chi connectivity index (χ1) is 15.7. The van der Waals surface area contributed by atoms with Crippen molar-refractivity contribution in [1.29, 1.82) is 0 Å². The normalized spacial score (nSPS) is 14.0. The summed E-state index contributed by atoms with van der Waals surface area (Å²) in [5.74, 6) is -0.223. The van der Waals surface area contributed by atoms with Crippen LogP contribution in [0.4, 0.5) is 11.6 Å². The Balaban J connectivity index is 1.63. The van der Waals surface area contributed by atoms with Crippen LogP contribution in [-0.2, 0) is 31.8 Å². The van der Waals surface area contributed by atoms with E-state index in [0.29, 0.717) is 11.3 Å². The Bertz CT molecular complexity index is 1280. The molecule has 2 aromatic heterocycles. The second-order valence-corrected chi connectivity index (χ2v) is 9.41. The molecule has 0 bridgehead atoms. The number of anilines is 1. The number of rotatable bonds is 11. The molecule has 0 fully saturated rings. The fourth-order valence-electron chi connectivity index (χ4n) is 2.83. The van der Waals surface area contributed by atoms with Gasteiger partial charge in [-0.3, -0.25) is 19.1 Å². The molecular formula is C20H24N7O5P. The predicted molar refractivity (Wildman–Crippen MR) is 122 cm³/mol. The number of carbonyl (C=O) groups excluding carboxylic acids is 1. The number of nitrogens with two attached hydrogens (primary N) is 1. The van der Waals surface area contributed by atoms with Gasteiger partial charge in [-0.05, 0) is 19.4 Å². The van der Waals surface area contributed by atoms with Crippen molar-refractivity contribution < 1.29 is 18.6 Å². The van der Waals surface area contributed by atoms with Crippen LogP contribution in [0.1, 0.15) is 19.4 Å². The molecule has 2 heterocycles. The topological polar surface area (TPSA) is 159 Å². The largest absolute Gasteiger partial charge is 0.369 e. The minimum absolute atomic E-state index is 0.00861. The number of imidazole rings is 1. The molecule has 12 nitrogen and oxygen atoms in total. The zero-order chi connectivity index (χ0) is 24.0. The summed E-state index contributed by atoms with van der Waals surface area (Å²) in [6.45, 7) is 10.4. The second kappa shape index (κ2) is 10.5. The molecule has 174 valence electrons. The third-order valence-electron chi connectivity index (χ3n) is 4.74. The zero-order valence-corrected chi connectivity index (χ0v) is 19.0. The summed E-state index contributed by atoms with van der Waals surface area (Å²) in [5, 5.41) is 2.74. The van der Waals surface area contributed by atoms with Gasteiger partial charge in [-0.25, -0.2) is 14.9 Å². The molecule has 1 unspecified atom stereocenters. The number of ketones is 1. The molecule has 0 aliphatic carbocycles. The minimum Gasteiger partial charge on any atom is -0.369 e. The molecule has 13 heteroatoms. The first-order valence-electron chi connectivity index (χ1n) is 9.97. The smallest absolute Gasteiger partial charge is 0.295 e. The Morgan fingerprint density at radius 3 is 2.79 bits per heavy atom. The number of nitrogens with one attached hydrogen (secondary N) is 2. The second-order valence-electron chi connectivity index (χ2n) is 7.29. The Morgan fingerprint density at radius 1 is 1.39 bits per heavy atom. The van der Waals surface area contributed by atoms with E-state index in [1.807, 2.05) is 0 Å². The van der Waals surface area contributed by atoms with E-state index in [0.717, 1.165) is 5.56 Å². The monoisotopic (exact) mass is 473 g/mol. The summed E-state index contributed by atoms with van der Waals surface area (Å²) in [7, 11) is -3.55. The number of H-pyrrole nitrogens is 1. The van der Waals surface area contributed by atoms with Gasteiger partial charge >= 0.3 is 0 Å². The third-order valence-corrected chi connectivity index (χ3v) is 6.59. The molecule has 4 N–H and O–H groups in total. The number of Topliss-reactive ketones (excluding diaryl/α,β-unsaturated/α-hetero) is 1. The van der Waals surface area contributed by atoms with Crippen molar-refractivity contribution in [1.82, 2.24) is 24.6 Å². The lowest BCUT2D eigenvalue weighted by molar-refractivity contribution is -0.118. The summed E-state index contributed by atoms with van der Waals surface area (Å²) in [6, 6.07) is 6.00. The van der Waals surface area contributed by atoms with Gasteiger partial charge in [-0.15, -0.1) is 0 Å². The highest BCUT2D eigenvalue weighted by atomic mass is 31.2. The Hall–Kier alpha value is -3.36. The van der Waals surface area contributed by atoms with Gasteiger partial charge in [0.2, 0.25) is 5.95 Å². The molecular weight excluding hydrogens is 449 g/mol. The van der Waals surface area contributed by atoms with Gasteiger partial charge in [-0.1, -0.05) is 24.3 Å². The number of ether oxygens (including phenoxy) is 1. The van der Waals surface area contributed by atoms with Crippen molar-refractivity contribution in [3.05, 3.63) is 57.9 Å². The molecule has 0 saturated carbocycles. The first-order valence-corrected chi connectivity index (χ1v) is 11.8. The van der Waals surface area contributed by atoms with E-state index in [2.05, 4.69) is 24.9 Å². The quantitative estimate of drug-likeness (QED) is 0.216. The van der Waals surface area contributed by atoms with E-state index in [1.54, 1.807) is 35.8 Å². The van der Waals surface area contributed by atoms with Gasteiger partial charge in [0, 0.05) is 6.54 Å². The fourth-order valence-corrected chi connectivity index (χ4v) is 4.55. The number of hydrogen-bond acceptors (Lipinski definition) is 8. The molecule has 0 aliphatic rings. The number of fused-ring (bicyclic) bond motifs is 1. The molecule has 0 radical (unpaired) electrons. The van der Waals surface area contributed by atoms with Crippen LogP contribution in [0.15, 0.2) is 35.4 Å². The van der Waals surface area contributed by atoms with Crippen LogP contribution in [-0.4, -0.2) is 44.3 Å². The first kappa shape index (κ1) is 24.3. The third kappa shape index (κ3) is 6.34. The average Bonchev–Trinajstić information content (AvgIpc) is 3.18. The lowest BCUT2D eigenvalue weighted by Crippen LogP contribution is -2.32. The van der Waals surface area contributed by atoms with Crippen molar-refractivity contribution in [2.75, 3.05) is 18.7 Å². The van der Waals surface area contributed by atoms with Gasteiger partial charge in [0.15, 0.2) is 16.9 Å². The molecule has 0 aliphatic heterocycles. The van der Waals surface area contributed by atoms with E-state index < -0.39 is 19.1 Å². The lowest BCUT2D eigenvalue weighted by Gasteiger charge is -2.22. The molecule has 33 heavy (non-hydrogen) atoms. The van der Waals surface area contributed by atoms with Crippen LogP contribution >= 0.6 is 7.52 Å². The van der Waals surface area contributed by atoms with E-state index in [9.17, 15) is 14.2 Å². The van der Waals surface area contributed by atoms with Gasteiger partial charge in [0.1, 0.15) is 12.1 Å². The number of aromatic nitrogens is 4. The molecule has 0 amide bonds. The molecule has 3 aromatic rings. The summed E-state index contributed by atoms with van der Waals surface area (Å²) in [5.41, 5.74) is 6.82. The molecule has 2 atom stereocenters. The maximum atomic E-state index is 13.3. The molecule has 1 aromatic carbocycles. The van der Waals surface area contributed by atoms with Gasteiger partial charge in [0.25, 0.3) is 13.1 Å². The van der Waals surface area contributed by atoms with Crippen molar-refractivity contribution >= 4 is 36.1 Å². The summed E-state index contributed by atoms with van der Waals surface area (Å²) < 4.78 is 26.2. The molecule has 0 saturated heterocycles. The Morgan fingerprint density at radius 2 is 2.12 bits per heavy atom. The van der Waals surface area contributed by atoms with E-state index in [-0.39, 0.29) is 43.4 Å². The number of hydrogen-bond donors (Lipinski definition) is 3. The van der Waals surface area contributed by atoms with Crippen molar-refractivity contribution in [2.45, 2.75) is 33.0 Å². The van der Waals surface area contributed by atoms with Gasteiger partial charge < -0.3 is 19.6 Å². The van der Waals surface area contributed by atoms with Crippen LogP contribution < -0.4 is 16.4 Å². The highest BCUT2D eigenvalue weighted by Crippen LogP contribution is 2.44. The van der Waals surface area contributed by atoms with Crippen molar-refractivity contribution in [3.63, 3.8) is 0 Å². The van der Waals surface area contributed by atoms with Gasteiger partial charge in [0.05, 0.1) is 32.2 Å². The lowest BCUT2D eigenvalue weighted by atomic mass is 10.2. The average molecular weight is 473 g/mol. The highest BCUT2D eigenvalue weighted by Gasteiger charge is 2.27. The maximum Gasteiger partial charge on any atom is 0.295 e. The maximum absolute atomic E-state index is 13.3. The predicted octanol–water partition coefficient (Wildman–Crippen LogP) is 2.20.